The summed E-state index contributed by atoms with van der Waals surface area (Å²) >= 11 is 0. The van der Waals surface area contributed by atoms with Gasteiger partial charge in [0.25, 0.3) is 0 Å². The minimum absolute atomic E-state index is 0.748. The van der Waals surface area contributed by atoms with Crippen molar-refractivity contribution in [3.8, 4) is 22.8 Å². The third kappa shape index (κ3) is 3.82. The summed E-state index contributed by atoms with van der Waals surface area (Å²) in [6.07, 6.45) is 5.31. The highest BCUT2D eigenvalue weighted by Gasteiger charge is 2.12. The molecule has 0 aliphatic heterocycles. The summed E-state index contributed by atoms with van der Waals surface area (Å²) in [4.78, 5) is 15.6. The Bertz CT molecular complexity index is 1110. The minimum Gasteiger partial charge on any atom is -0.497 e. The molecule has 2 aromatic carbocycles. The molecule has 4 aromatic rings. The van der Waals surface area contributed by atoms with Gasteiger partial charge in [0, 0.05) is 54.1 Å². The SMILES string of the molecule is CCN(c1cc(OC)cc(OC)c1)c1ccc2ncc(-c3ccncc3)nc2c1. The van der Waals surface area contributed by atoms with Crippen molar-refractivity contribution in [3.05, 3.63) is 67.1 Å². The Morgan fingerprint density at radius 2 is 1.55 bits per heavy atom. The molecule has 0 aliphatic rings. The van der Waals surface area contributed by atoms with Crippen LogP contribution < -0.4 is 14.4 Å². The standard InChI is InChI=1S/C23H22N4O2/c1-4-27(18-11-19(28-2)14-20(12-18)29-3)17-5-6-21-22(13-17)26-23(15-25-21)16-7-9-24-10-8-16/h5-15H,4H2,1-3H3. The maximum Gasteiger partial charge on any atom is 0.124 e. The van der Waals surface area contributed by atoms with Gasteiger partial charge in [-0.2, -0.15) is 0 Å². The Kier molecular flexibility index (Phi) is 5.24. The summed E-state index contributed by atoms with van der Waals surface area (Å²) in [5.74, 6) is 1.50. The molecule has 0 unspecified atom stereocenters. The van der Waals surface area contributed by atoms with Crippen molar-refractivity contribution in [2.24, 2.45) is 0 Å². The van der Waals surface area contributed by atoms with Crippen molar-refractivity contribution < 1.29 is 9.47 Å². The summed E-state index contributed by atoms with van der Waals surface area (Å²) in [7, 11) is 3.31. The lowest BCUT2D eigenvalue weighted by Gasteiger charge is -2.24. The van der Waals surface area contributed by atoms with Crippen LogP contribution in [0.2, 0.25) is 0 Å². The van der Waals surface area contributed by atoms with Crippen LogP contribution in [-0.4, -0.2) is 35.7 Å². The van der Waals surface area contributed by atoms with E-state index in [0.717, 1.165) is 51.7 Å². The topological polar surface area (TPSA) is 60.4 Å². The Balaban J connectivity index is 1.77. The summed E-state index contributed by atoms with van der Waals surface area (Å²) in [5, 5.41) is 0. The number of benzene rings is 2. The van der Waals surface area contributed by atoms with Crippen LogP contribution in [0, 0.1) is 0 Å². The van der Waals surface area contributed by atoms with Crippen molar-refractivity contribution in [1.29, 1.82) is 0 Å². The highest BCUT2D eigenvalue weighted by atomic mass is 16.5. The predicted octanol–water partition coefficient (Wildman–Crippen LogP) is 4.87. The molecule has 6 nitrogen and oxygen atoms in total. The van der Waals surface area contributed by atoms with Crippen molar-refractivity contribution in [2.75, 3.05) is 25.7 Å². The number of aromatic nitrogens is 3. The van der Waals surface area contributed by atoms with Gasteiger partial charge >= 0.3 is 0 Å². The molecule has 29 heavy (non-hydrogen) atoms. The molecule has 6 heteroatoms. The second kappa shape index (κ2) is 8.14. The van der Waals surface area contributed by atoms with Crippen molar-refractivity contribution >= 4 is 22.4 Å². The van der Waals surface area contributed by atoms with Gasteiger partial charge in [0.2, 0.25) is 0 Å². The first-order valence-electron chi connectivity index (χ1n) is 9.39. The number of pyridine rings is 1. The van der Waals surface area contributed by atoms with Gasteiger partial charge in [-0.25, -0.2) is 4.98 Å². The normalized spacial score (nSPS) is 10.7. The summed E-state index contributed by atoms with van der Waals surface area (Å²) in [6.45, 7) is 2.88. The predicted molar refractivity (Wildman–Crippen MR) is 115 cm³/mol. The largest absolute Gasteiger partial charge is 0.497 e. The van der Waals surface area contributed by atoms with E-state index in [1.165, 1.54) is 0 Å². The quantitative estimate of drug-likeness (QED) is 0.471. The molecule has 0 amide bonds. The average Bonchev–Trinajstić information content (AvgIpc) is 2.79. The number of nitrogens with zero attached hydrogens (tertiary/aromatic N) is 4. The number of methoxy groups -OCH3 is 2. The van der Waals surface area contributed by atoms with Gasteiger partial charge in [-0.15, -0.1) is 0 Å². The lowest BCUT2D eigenvalue weighted by atomic mass is 10.1. The zero-order valence-electron chi connectivity index (χ0n) is 16.7. The van der Waals surface area contributed by atoms with Crippen LogP contribution in [0.3, 0.4) is 0 Å². The smallest absolute Gasteiger partial charge is 0.124 e. The van der Waals surface area contributed by atoms with E-state index >= 15 is 0 Å². The Morgan fingerprint density at radius 1 is 0.828 bits per heavy atom. The molecule has 0 bridgehead atoms. The van der Waals surface area contributed by atoms with E-state index in [2.05, 4.69) is 33.9 Å². The summed E-state index contributed by atoms with van der Waals surface area (Å²) < 4.78 is 10.9. The molecule has 146 valence electrons. The van der Waals surface area contributed by atoms with Gasteiger partial charge in [-0.3, -0.25) is 9.97 Å². The molecule has 0 N–H and O–H groups in total. The van der Waals surface area contributed by atoms with Crippen LogP contribution in [0.15, 0.2) is 67.1 Å². The number of hydrogen-bond donors (Lipinski definition) is 0. The van der Waals surface area contributed by atoms with Gasteiger partial charge in [-0.1, -0.05) is 0 Å². The first-order valence-corrected chi connectivity index (χ1v) is 9.39. The number of ether oxygens (including phenoxy) is 2. The lowest BCUT2D eigenvalue weighted by Crippen LogP contribution is -2.16. The molecule has 0 fully saturated rings. The van der Waals surface area contributed by atoms with E-state index in [9.17, 15) is 0 Å². The fourth-order valence-corrected chi connectivity index (χ4v) is 3.29. The van der Waals surface area contributed by atoms with E-state index in [-0.39, 0.29) is 0 Å². The van der Waals surface area contributed by atoms with E-state index in [1.807, 2.05) is 36.4 Å². The third-order valence-electron chi connectivity index (χ3n) is 4.78. The number of fused-ring (bicyclic) bond motifs is 1. The second-order valence-electron chi connectivity index (χ2n) is 6.48. The fraction of sp³-hybridized carbons (Fsp3) is 0.174. The molecule has 4 rings (SSSR count). The molecule has 0 radical (unpaired) electrons. The van der Waals surface area contributed by atoms with Crippen LogP contribution in [0.25, 0.3) is 22.3 Å². The van der Waals surface area contributed by atoms with Crippen molar-refractivity contribution in [1.82, 2.24) is 15.0 Å². The Hall–Kier alpha value is -3.67. The molecule has 0 atom stereocenters. The van der Waals surface area contributed by atoms with E-state index in [4.69, 9.17) is 14.5 Å². The van der Waals surface area contributed by atoms with Crippen LogP contribution >= 0.6 is 0 Å². The van der Waals surface area contributed by atoms with Gasteiger partial charge in [-0.05, 0) is 37.3 Å². The first kappa shape index (κ1) is 18.7. The molecule has 0 spiro atoms. The molecular weight excluding hydrogens is 364 g/mol. The average molecular weight is 386 g/mol. The Morgan fingerprint density at radius 3 is 2.21 bits per heavy atom. The lowest BCUT2D eigenvalue weighted by molar-refractivity contribution is 0.394. The molecule has 0 aliphatic carbocycles. The zero-order valence-corrected chi connectivity index (χ0v) is 16.7. The Labute approximate surface area is 169 Å². The van der Waals surface area contributed by atoms with Crippen molar-refractivity contribution in [2.45, 2.75) is 6.92 Å². The van der Waals surface area contributed by atoms with Crippen LogP contribution in [0.1, 0.15) is 6.92 Å². The van der Waals surface area contributed by atoms with Crippen LogP contribution in [-0.2, 0) is 0 Å². The summed E-state index contributed by atoms with van der Waals surface area (Å²) in [5.41, 5.74) is 5.52. The van der Waals surface area contributed by atoms with E-state index in [0.29, 0.717) is 0 Å². The van der Waals surface area contributed by atoms with Gasteiger partial charge in [0.05, 0.1) is 37.1 Å². The van der Waals surface area contributed by atoms with Gasteiger partial charge in [0.1, 0.15) is 11.5 Å². The maximum atomic E-state index is 5.43. The monoisotopic (exact) mass is 386 g/mol. The summed E-state index contributed by atoms with van der Waals surface area (Å²) in [6, 6.07) is 15.8. The molecule has 2 heterocycles. The highest BCUT2D eigenvalue weighted by Crippen LogP contribution is 2.33. The molecule has 0 saturated carbocycles. The van der Waals surface area contributed by atoms with E-state index < -0.39 is 0 Å². The second-order valence-corrected chi connectivity index (χ2v) is 6.48. The maximum absolute atomic E-state index is 5.43. The van der Waals surface area contributed by atoms with Crippen LogP contribution in [0.5, 0.6) is 11.5 Å². The third-order valence-corrected chi connectivity index (χ3v) is 4.78. The van der Waals surface area contributed by atoms with Gasteiger partial charge < -0.3 is 14.4 Å². The molecule has 0 saturated heterocycles. The fourth-order valence-electron chi connectivity index (χ4n) is 3.29. The van der Waals surface area contributed by atoms with Crippen LogP contribution in [0.4, 0.5) is 11.4 Å². The van der Waals surface area contributed by atoms with Gasteiger partial charge in [0.15, 0.2) is 0 Å². The first-order chi connectivity index (χ1) is 14.2. The minimum atomic E-state index is 0.748. The van der Waals surface area contributed by atoms with Crippen molar-refractivity contribution in [3.63, 3.8) is 0 Å². The number of rotatable bonds is 6. The highest BCUT2D eigenvalue weighted by molar-refractivity contribution is 5.82. The zero-order chi connectivity index (χ0) is 20.2. The molecular formula is C23H22N4O2. The molecule has 2 aromatic heterocycles. The number of hydrogen-bond acceptors (Lipinski definition) is 6. The number of anilines is 2. The van der Waals surface area contributed by atoms with E-state index in [1.54, 1.807) is 32.8 Å².